The highest BCUT2D eigenvalue weighted by atomic mass is 35.6. The molecule has 0 saturated carbocycles. The Morgan fingerprint density at radius 3 is 1.42 bits per heavy atom. The van der Waals surface area contributed by atoms with Crippen LogP contribution in [-0.4, -0.2) is 45.5 Å². The number of alkyl halides is 6. The van der Waals surface area contributed by atoms with Crippen LogP contribution in [0.2, 0.25) is 0 Å². The molecule has 1 atom stereocenters. The fourth-order valence-corrected chi connectivity index (χ4v) is 3.99. The molecule has 12 heteroatoms. The first kappa shape index (κ1) is 20.8. The van der Waals surface area contributed by atoms with E-state index in [2.05, 4.69) is 0 Å². The Balaban J connectivity index is 5.55. The summed E-state index contributed by atoms with van der Waals surface area (Å²) in [5.41, 5.74) is -4.34. The van der Waals surface area contributed by atoms with E-state index < -0.39 is 45.9 Å². The van der Waals surface area contributed by atoms with Crippen LogP contribution >= 0.6 is 77.2 Å². The summed E-state index contributed by atoms with van der Waals surface area (Å²) in [5.74, 6) is 0. The molecule has 0 aliphatic heterocycles. The number of hydrogen-bond donors (Lipinski definition) is 4. The fraction of sp³-hybridized carbons (Fsp3) is 1.00. The van der Waals surface area contributed by atoms with Crippen LogP contribution in [0.1, 0.15) is 12.8 Å². The van der Waals surface area contributed by atoms with Crippen LogP contribution < -0.4 is 0 Å². The lowest BCUT2D eigenvalue weighted by Gasteiger charge is -2.39. The molecule has 19 heavy (non-hydrogen) atoms. The largest absolute Gasteiger partial charge is 0.395 e. The van der Waals surface area contributed by atoms with Crippen molar-refractivity contribution in [3.05, 3.63) is 0 Å². The molecule has 0 aromatic carbocycles. The van der Waals surface area contributed by atoms with Crippen LogP contribution in [0, 0.1) is 0 Å². The van der Waals surface area contributed by atoms with Gasteiger partial charge in [0.15, 0.2) is 7.59 Å². The number of aliphatic hydroxyl groups excluding tert-OH is 1. The van der Waals surface area contributed by atoms with Crippen molar-refractivity contribution >= 4 is 77.2 Å². The molecule has 0 aliphatic carbocycles. The average molecular weight is 419 g/mol. The summed E-state index contributed by atoms with van der Waals surface area (Å²) in [6, 6.07) is 0. The van der Waals surface area contributed by atoms with E-state index in [4.69, 9.17) is 84.5 Å². The zero-order chi connectivity index (χ0) is 15.7. The lowest BCUT2D eigenvalue weighted by molar-refractivity contribution is -0.000317. The summed E-state index contributed by atoms with van der Waals surface area (Å²) in [4.78, 5) is 18.3. The Hall–Kier alpha value is 1.81. The van der Waals surface area contributed by atoms with Gasteiger partial charge in [-0.1, -0.05) is 69.6 Å². The van der Waals surface area contributed by atoms with Crippen molar-refractivity contribution in [2.75, 3.05) is 6.61 Å². The van der Waals surface area contributed by atoms with E-state index in [1.807, 2.05) is 0 Å². The third-order valence-electron chi connectivity index (χ3n) is 2.21. The quantitative estimate of drug-likeness (QED) is 0.406. The van der Waals surface area contributed by atoms with Gasteiger partial charge < -0.3 is 20.0 Å². The maximum atomic E-state index is 11.3. The van der Waals surface area contributed by atoms with Gasteiger partial charge in [0.05, 0.1) is 12.2 Å². The minimum absolute atomic E-state index is 0.741. The van der Waals surface area contributed by atoms with Gasteiger partial charge in [0, 0.05) is 12.8 Å². The minimum atomic E-state index is -4.92. The zero-order valence-corrected chi connectivity index (χ0v) is 14.5. The van der Waals surface area contributed by atoms with Gasteiger partial charge >= 0.3 is 7.60 Å². The molecule has 0 amide bonds. The van der Waals surface area contributed by atoms with E-state index in [0.717, 1.165) is 0 Å². The van der Waals surface area contributed by atoms with Crippen molar-refractivity contribution in [3.8, 4) is 0 Å². The van der Waals surface area contributed by atoms with Crippen LogP contribution in [0.15, 0.2) is 0 Å². The second kappa shape index (κ2) is 6.93. The van der Waals surface area contributed by atoms with Crippen LogP contribution in [-0.2, 0) is 4.57 Å². The fourth-order valence-electron chi connectivity index (χ4n) is 1.58. The molecule has 116 valence electrons. The maximum Gasteiger partial charge on any atom is 0.333 e. The SMILES string of the molecule is O=P(O)(O)C(CO)C(O)(CC(Cl)(Cl)Cl)CC(Cl)(Cl)Cl. The molecule has 5 nitrogen and oxygen atoms in total. The van der Waals surface area contributed by atoms with Crippen molar-refractivity contribution in [3.63, 3.8) is 0 Å². The van der Waals surface area contributed by atoms with Gasteiger partial charge in [0.2, 0.25) is 0 Å². The summed E-state index contributed by atoms with van der Waals surface area (Å²) < 4.78 is 7.17. The molecule has 0 rings (SSSR count). The molecule has 0 fully saturated rings. The highest BCUT2D eigenvalue weighted by molar-refractivity contribution is 7.52. The molecule has 0 spiro atoms. The van der Waals surface area contributed by atoms with Crippen LogP contribution in [0.3, 0.4) is 0 Å². The highest BCUT2D eigenvalue weighted by Crippen LogP contribution is 2.53. The summed E-state index contributed by atoms with van der Waals surface area (Å²) in [5, 5.41) is 19.4. The number of hydrogen-bond acceptors (Lipinski definition) is 3. The number of aliphatic hydroxyl groups is 2. The summed E-state index contributed by atoms with van der Waals surface area (Å²) in [6.07, 6.45) is -1.48. The molecule has 0 bridgehead atoms. The standard InChI is InChI=1S/C7H11Cl6O5P/c8-6(9,10)2-5(15,3-7(11,12)13)4(1-14)19(16,17)18/h4,14-15H,1-3H2,(H2,16,17,18). The van der Waals surface area contributed by atoms with E-state index in [9.17, 15) is 9.67 Å². The average Bonchev–Trinajstić information content (AvgIpc) is 1.91. The van der Waals surface area contributed by atoms with Crippen molar-refractivity contribution in [2.24, 2.45) is 0 Å². The Kier molecular flexibility index (Phi) is 7.59. The molecule has 1 unspecified atom stereocenters. The first-order chi connectivity index (χ1) is 8.11. The lowest BCUT2D eigenvalue weighted by Crippen LogP contribution is -2.49. The molecule has 0 radical (unpaired) electrons. The van der Waals surface area contributed by atoms with E-state index >= 15 is 0 Å². The second-order valence-corrected chi connectivity index (χ2v) is 10.8. The third kappa shape index (κ3) is 8.12. The summed E-state index contributed by atoms with van der Waals surface area (Å²) in [7, 11) is -4.92. The van der Waals surface area contributed by atoms with Crippen molar-refractivity contribution in [1.82, 2.24) is 0 Å². The number of rotatable bonds is 5. The van der Waals surface area contributed by atoms with Gasteiger partial charge in [-0.2, -0.15) is 0 Å². The summed E-state index contributed by atoms with van der Waals surface area (Å²) >= 11 is 33.0. The van der Waals surface area contributed by atoms with Crippen molar-refractivity contribution in [1.29, 1.82) is 0 Å². The minimum Gasteiger partial charge on any atom is -0.395 e. The van der Waals surface area contributed by atoms with Gasteiger partial charge in [-0.15, -0.1) is 0 Å². The van der Waals surface area contributed by atoms with Gasteiger partial charge in [-0.3, -0.25) is 4.57 Å². The lowest BCUT2D eigenvalue weighted by atomic mass is 9.92. The highest BCUT2D eigenvalue weighted by Gasteiger charge is 2.53. The van der Waals surface area contributed by atoms with Gasteiger partial charge in [0.25, 0.3) is 0 Å². The van der Waals surface area contributed by atoms with Crippen molar-refractivity contribution < 1.29 is 24.6 Å². The third-order valence-corrected chi connectivity index (χ3v) is 4.47. The first-order valence-electron chi connectivity index (χ1n) is 4.63. The Morgan fingerprint density at radius 2 is 1.26 bits per heavy atom. The normalized spacial score (nSPS) is 16.5. The second-order valence-electron chi connectivity index (χ2n) is 3.97. The van der Waals surface area contributed by atoms with E-state index in [1.54, 1.807) is 0 Å². The van der Waals surface area contributed by atoms with Gasteiger partial charge in [0.1, 0.15) is 5.66 Å². The van der Waals surface area contributed by atoms with Crippen LogP contribution in [0.25, 0.3) is 0 Å². The summed E-state index contributed by atoms with van der Waals surface area (Å²) in [6.45, 7) is -1.08. The van der Waals surface area contributed by atoms with Gasteiger partial charge in [-0.05, 0) is 0 Å². The zero-order valence-electron chi connectivity index (χ0n) is 9.11. The molecular formula is C7H11Cl6O5P. The predicted molar refractivity (Wildman–Crippen MR) is 77.7 cm³/mol. The van der Waals surface area contributed by atoms with E-state index in [0.29, 0.717) is 0 Å². The number of halogens is 6. The monoisotopic (exact) mass is 416 g/mol. The molecular weight excluding hydrogens is 408 g/mol. The van der Waals surface area contributed by atoms with Crippen LogP contribution in [0.4, 0.5) is 0 Å². The Labute approximate surface area is 139 Å². The van der Waals surface area contributed by atoms with Crippen molar-refractivity contribution in [2.45, 2.75) is 31.7 Å². The molecule has 0 aromatic heterocycles. The van der Waals surface area contributed by atoms with Crippen LogP contribution in [0.5, 0.6) is 0 Å². The van der Waals surface area contributed by atoms with E-state index in [1.165, 1.54) is 0 Å². The van der Waals surface area contributed by atoms with E-state index in [-0.39, 0.29) is 0 Å². The Bertz CT molecular complexity index is 331. The first-order valence-corrected chi connectivity index (χ1v) is 8.57. The smallest absolute Gasteiger partial charge is 0.333 e. The topological polar surface area (TPSA) is 98.0 Å². The maximum absolute atomic E-state index is 11.3. The molecule has 0 aliphatic rings. The molecule has 0 heterocycles. The molecule has 0 saturated heterocycles. The predicted octanol–water partition coefficient (Wildman–Crippen LogP) is 2.78. The van der Waals surface area contributed by atoms with Gasteiger partial charge in [-0.25, -0.2) is 0 Å². The molecule has 4 N–H and O–H groups in total. The Morgan fingerprint density at radius 1 is 0.947 bits per heavy atom. The molecule has 0 aromatic rings.